The summed E-state index contributed by atoms with van der Waals surface area (Å²) in [6.45, 7) is 3.92. The monoisotopic (exact) mass is 338 g/mol. The first-order chi connectivity index (χ1) is 12.1. The minimum absolute atomic E-state index is 0.0142. The highest BCUT2D eigenvalue weighted by molar-refractivity contribution is 5.94. The summed E-state index contributed by atoms with van der Waals surface area (Å²) >= 11 is 0. The summed E-state index contributed by atoms with van der Waals surface area (Å²) < 4.78 is 3.45. The Bertz CT molecular complexity index is 835. The van der Waals surface area contributed by atoms with Gasteiger partial charge >= 0.3 is 0 Å². The first-order valence-electron chi connectivity index (χ1n) is 8.24. The predicted molar refractivity (Wildman–Crippen MR) is 96.9 cm³/mol. The Labute approximate surface area is 146 Å². The summed E-state index contributed by atoms with van der Waals surface area (Å²) in [5.74, 6) is 0.619. The molecule has 0 saturated carbocycles. The van der Waals surface area contributed by atoms with Crippen LogP contribution in [0.15, 0.2) is 48.9 Å². The van der Waals surface area contributed by atoms with Gasteiger partial charge in [0, 0.05) is 43.7 Å². The van der Waals surface area contributed by atoms with E-state index in [9.17, 15) is 4.79 Å². The largest absolute Gasteiger partial charge is 0.383 e. The van der Waals surface area contributed by atoms with Crippen LogP contribution in [0.2, 0.25) is 0 Å². The van der Waals surface area contributed by atoms with Crippen LogP contribution in [0.3, 0.4) is 0 Å². The molecule has 2 aromatic heterocycles. The maximum atomic E-state index is 12.7. The van der Waals surface area contributed by atoms with E-state index in [1.54, 1.807) is 24.1 Å². The Kier molecular flexibility index (Phi) is 4.83. The number of amides is 1. The zero-order valence-corrected chi connectivity index (χ0v) is 14.5. The minimum atomic E-state index is 0.0142. The lowest BCUT2D eigenvalue weighted by Crippen LogP contribution is -2.33. The molecule has 0 aliphatic carbocycles. The summed E-state index contributed by atoms with van der Waals surface area (Å²) in [7, 11) is 1.80. The van der Waals surface area contributed by atoms with Crippen molar-refractivity contribution in [3.05, 3.63) is 54.5 Å². The van der Waals surface area contributed by atoms with Gasteiger partial charge in [-0.15, -0.1) is 0 Å². The minimum Gasteiger partial charge on any atom is -0.383 e. The molecule has 0 saturated heterocycles. The normalized spacial score (nSPS) is 10.8. The van der Waals surface area contributed by atoms with Crippen molar-refractivity contribution in [3.8, 4) is 11.1 Å². The van der Waals surface area contributed by atoms with E-state index < -0.39 is 0 Å². The number of rotatable bonds is 6. The second-order valence-corrected chi connectivity index (χ2v) is 5.80. The number of benzene rings is 1. The van der Waals surface area contributed by atoms with E-state index in [0.717, 1.165) is 11.1 Å². The molecule has 3 rings (SSSR count). The van der Waals surface area contributed by atoms with Gasteiger partial charge in [-0.3, -0.25) is 14.2 Å². The molecule has 0 aliphatic heterocycles. The van der Waals surface area contributed by atoms with Crippen molar-refractivity contribution < 1.29 is 4.79 Å². The number of hydrogen-bond acceptors (Lipinski definition) is 4. The molecular weight excluding hydrogens is 316 g/mol. The molecule has 7 heteroatoms. The smallest absolute Gasteiger partial charge is 0.253 e. The molecule has 2 N–H and O–H groups in total. The lowest BCUT2D eigenvalue weighted by atomic mass is 10.1. The van der Waals surface area contributed by atoms with Crippen molar-refractivity contribution in [1.29, 1.82) is 0 Å². The molecule has 1 aromatic carbocycles. The van der Waals surface area contributed by atoms with Gasteiger partial charge < -0.3 is 10.6 Å². The Balaban J connectivity index is 1.71. The molecule has 7 nitrogen and oxygen atoms in total. The third kappa shape index (κ3) is 3.55. The van der Waals surface area contributed by atoms with Crippen LogP contribution >= 0.6 is 0 Å². The van der Waals surface area contributed by atoms with Crippen LogP contribution in [-0.2, 0) is 13.6 Å². The molecule has 25 heavy (non-hydrogen) atoms. The number of carbonyl (C=O) groups is 1. The van der Waals surface area contributed by atoms with Gasteiger partial charge in [0.05, 0.1) is 12.7 Å². The van der Waals surface area contributed by atoms with Crippen molar-refractivity contribution in [3.63, 3.8) is 0 Å². The number of hydrogen-bond donors (Lipinski definition) is 1. The van der Waals surface area contributed by atoms with Gasteiger partial charge in [-0.1, -0.05) is 12.1 Å². The summed E-state index contributed by atoms with van der Waals surface area (Å²) in [5, 5.41) is 8.32. The van der Waals surface area contributed by atoms with Crippen molar-refractivity contribution in [2.75, 3.05) is 18.8 Å². The van der Waals surface area contributed by atoms with Crippen LogP contribution in [0, 0.1) is 0 Å². The summed E-state index contributed by atoms with van der Waals surface area (Å²) in [6.07, 6.45) is 5.36. The van der Waals surface area contributed by atoms with Gasteiger partial charge in [0.25, 0.3) is 5.91 Å². The van der Waals surface area contributed by atoms with Crippen molar-refractivity contribution in [2.45, 2.75) is 13.5 Å². The highest BCUT2D eigenvalue weighted by atomic mass is 16.2. The predicted octanol–water partition coefficient (Wildman–Crippen LogP) is 2.03. The Hall–Kier alpha value is -3.09. The van der Waals surface area contributed by atoms with Gasteiger partial charge in [-0.05, 0) is 30.7 Å². The van der Waals surface area contributed by atoms with Crippen LogP contribution in [0.4, 0.5) is 5.82 Å². The first-order valence-corrected chi connectivity index (χ1v) is 8.24. The second-order valence-electron chi connectivity index (χ2n) is 5.80. The molecule has 2 heterocycles. The van der Waals surface area contributed by atoms with Crippen molar-refractivity contribution in [1.82, 2.24) is 24.5 Å². The number of nitrogens with two attached hydrogens (primary N) is 1. The molecule has 0 aliphatic rings. The highest BCUT2D eigenvalue weighted by Gasteiger charge is 2.15. The molecule has 0 atom stereocenters. The number of likely N-dealkylation sites (N-methyl/N-ethyl adjacent to an activating group) is 1. The second kappa shape index (κ2) is 7.21. The fraction of sp³-hybridized carbons (Fsp3) is 0.278. The van der Waals surface area contributed by atoms with E-state index in [-0.39, 0.29) is 5.91 Å². The number of aromatic nitrogens is 4. The summed E-state index contributed by atoms with van der Waals surface area (Å²) in [6, 6.07) is 9.35. The van der Waals surface area contributed by atoms with Crippen LogP contribution < -0.4 is 5.73 Å². The van der Waals surface area contributed by atoms with Gasteiger partial charge in [0.2, 0.25) is 0 Å². The average molecular weight is 338 g/mol. The Morgan fingerprint density at radius 3 is 2.56 bits per heavy atom. The number of carbonyl (C=O) groups excluding carboxylic acids is 1. The molecule has 0 bridgehead atoms. The van der Waals surface area contributed by atoms with E-state index in [4.69, 9.17) is 5.73 Å². The van der Waals surface area contributed by atoms with E-state index >= 15 is 0 Å². The number of aryl methyl sites for hydroxylation is 1. The van der Waals surface area contributed by atoms with Crippen LogP contribution in [0.1, 0.15) is 17.3 Å². The van der Waals surface area contributed by atoms with E-state index in [0.29, 0.717) is 31.0 Å². The number of nitrogen functional groups attached to an aromatic ring is 1. The van der Waals surface area contributed by atoms with Crippen molar-refractivity contribution in [2.24, 2.45) is 7.05 Å². The van der Waals surface area contributed by atoms with Crippen LogP contribution in [-0.4, -0.2) is 43.5 Å². The number of nitrogens with zero attached hydrogens (tertiary/aromatic N) is 5. The lowest BCUT2D eigenvalue weighted by Gasteiger charge is -2.21. The third-order valence-electron chi connectivity index (χ3n) is 4.25. The SMILES string of the molecule is CCN(CCn1cccn1)C(=O)c1ccc(-c2cnn(C)c2N)cc1. The fourth-order valence-electron chi connectivity index (χ4n) is 2.70. The van der Waals surface area contributed by atoms with Crippen LogP contribution in [0.25, 0.3) is 11.1 Å². The summed E-state index contributed by atoms with van der Waals surface area (Å²) in [4.78, 5) is 14.5. The topological polar surface area (TPSA) is 82.0 Å². The highest BCUT2D eigenvalue weighted by Crippen LogP contribution is 2.25. The van der Waals surface area contributed by atoms with Crippen LogP contribution in [0.5, 0.6) is 0 Å². The molecule has 0 radical (unpaired) electrons. The quantitative estimate of drug-likeness (QED) is 0.745. The van der Waals surface area contributed by atoms with E-state index in [2.05, 4.69) is 10.2 Å². The lowest BCUT2D eigenvalue weighted by molar-refractivity contribution is 0.0757. The van der Waals surface area contributed by atoms with Gasteiger partial charge in [0.15, 0.2) is 0 Å². The zero-order chi connectivity index (χ0) is 17.8. The third-order valence-corrected chi connectivity index (χ3v) is 4.25. The zero-order valence-electron chi connectivity index (χ0n) is 14.5. The van der Waals surface area contributed by atoms with Gasteiger partial charge in [0.1, 0.15) is 5.82 Å². The maximum Gasteiger partial charge on any atom is 0.253 e. The number of anilines is 1. The Morgan fingerprint density at radius 1 is 1.24 bits per heavy atom. The Morgan fingerprint density at radius 2 is 2.00 bits per heavy atom. The average Bonchev–Trinajstić information content (AvgIpc) is 3.26. The molecule has 130 valence electrons. The standard InChI is InChI=1S/C18H22N6O/c1-3-23(11-12-24-10-4-9-20-24)18(25)15-7-5-14(6-8-15)16-13-21-22(2)17(16)19/h4-10,13H,3,11-12,19H2,1-2H3. The molecule has 0 spiro atoms. The van der Waals surface area contributed by atoms with E-state index in [1.807, 2.05) is 53.0 Å². The summed E-state index contributed by atoms with van der Waals surface area (Å²) in [5.41, 5.74) is 8.48. The first kappa shape index (κ1) is 16.8. The molecular formula is C18H22N6O. The molecule has 3 aromatic rings. The van der Waals surface area contributed by atoms with Gasteiger partial charge in [-0.25, -0.2) is 0 Å². The molecule has 1 amide bonds. The fourth-order valence-corrected chi connectivity index (χ4v) is 2.70. The van der Waals surface area contributed by atoms with Crippen molar-refractivity contribution >= 4 is 11.7 Å². The maximum absolute atomic E-state index is 12.7. The molecule has 0 unspecified atom stereocenters. The van der Waals surface area contributed by atoms with E-state index in [1.165, 1.54) is 0 Å². The molecule has 0 fully saturated rings. The van der Waals surface area contributed by atoms with Gasteiger partial charge in [-0.2, -0.15) is 10.2 Å².